The Morgan fingerprint density at radius 1 is 1.32 bits per heavy atom. The number of carbonyl (C=O) groups excluding carboxylic acids is 1. The largest absolute Gasteiger partial charge is 0.462 e. The van der Waals surface area contributed by atoms with Gasteiger partial charge in [0.25, 0.3) is 0 Å². The second-order valence-electron chi connectivity index (χ2n) is 4.06. The van der Waals surface area contributed by atoms with Gasteiger partial charge in [0.15, 0.2) is 0 Å². The SMILES string of the molecule is CCOC(=O)c1c(C)[nH]c(/C(C)=N/N=C(N)N)c1C. The lowest BCUT2D eigenvalue weighted by Gasteiger charge is -2.02. The van der Waals surface area contributed by atoms with Crippen LogP contribution in [0.2, 0.25) is 0 Å². The van der Waals surface area contributed by atoms with Gasteiger partial charge in [0.05, 0.1) is 23.6 Å². The number of guanidine groups is 1. The molecule has 0 saturated heterocycles. The molecule has 1 aromatic heterocycles. The van der Waals surface area contributed by atoms with E-state index in [1.54, 1.807) is 20.8 Å². The van der Waals surface area contributed by atoms with Gasteiger partial charge in [-0.3, -0.25) is 0 Å². The van der Waals surface area contributed by atoms with Crippen LogP contribution in [-0.2, 0) is 4.74 Å². The van der Waals surface area contributed by atoms with Gasteiger partial charge in [-0.1, -0.05) is 0 Å². The first-order chi connectivity index (χ1) is 8.88. The molecule has 5 N–H and O–H groups in total. The van der Waals surface area contributed by atoms with Crippen LogP contribution in [0.3, 0.4) is 0 Å². The molecule has 0 aliphatic carbocycles. The summed E-state index contributed by atoms with van der Waals surface area (Å²) in [5, 5.41) is 7.47. The molecule has 7 nitrogen and oxygen atoms in total. The topological polar surface area (TPSA) is 119 Å². The molecule has 7 heteroatoms. The number of aryl methyl sites for hydroxylation is 1. The molecule has 0 spiro atoms. The van der Waals surface area contributed by atoms with E-state index in [2.05, 4.69) is 15.2 Å². The Labute approximate surface area is 111 Å². The first-order valence-electron chi connectivity index (χ1n) is 5.88. The Kier molecular flexibility index (Phi) is 4.68. The molecule has 19 heavy (non-hydrogen) atoms. The monoisotopic (exact) mass is 265 g/mol. The number of aromatic nitrogens is 1. The van der Waals surface area contributed by atoms with E-state index in [0.717, 1.165) is 11.3 Å². The lowest BCUT2D eigenvalue weighted by Crippen LogP contribution is -2.22. The van der Waals surface area contributed by atoms with Crippen molar-refractivity contribution < 1.29 is 9.53 Å². The quantitative estimate of drug-likeness (QED) is 0.323. The van der Waals surface area contributed by atoms with Gasteiger partial charge in [-0.05, 0) is 33.3 Å². The van der Waals surface area contributed by atoms with E-state index in [-0.39, 0.29) is 11.9 Å². The average molecular weight is 265 g/mol. The zero-order valence-electron chi connectivity index (χ0n) is 11.6. The van der Waals surface area contributed by atoms with Crippen LogP contribution in [0.5, 0.6) is 0 Å². The lowest BCUT2D eigenvalue weighted by atomic mass is 10.1. The Bertz CT molecular complexity index is 539. The summed E-state index contributed by atoms with van der Waals surface area (Å²) in [6.45, 7) is 7.47. The zero-order valence-corrected chi connectivity index (χ0v) is 11.6. The van der Waals surface area contributed by atoms with E-state index < -0.39 is 0 Å². The molecule has 0 atom stereocenters. The van der Waals surface area contributed by atoms with Crippen molar-refractivity contribution in [3.63, 3.8) is 0 Å². The normalized spacial score (nSPS) is 11.3. The molecule has 1 rings (SSSR count). The van der Waals surface area contributed by atoms with E-state index in [1.807, 2.05) is 6.92 Å². The summed E-state index contributed by atoms with van der Waals surface area (Å²) in [5.41, 5.74) is 13.8. The van der Waals surface area contributed by atoms with E-state index >= 15 is 0 Å². The molecule has 0 aliphatic rings. The number of ether oxygens (including phenoxy) is 1. The highest BCUT2D eigenvalue weighted by molar-refractivity contribution is 6.03. The Balaban J connectivity index is 3.20. The summed E-state index contributed by atoms with van der Waals surface area (Å²) in [6.07, 6.45) is 0. The maximum atomic E-state index is 11.8. The van der Waals surface area contributed by atoms with Crippen molar-refractivity contribution in [3.05, 3.63) is 22.5 Å². The third kappa shape index (κ3) is 3.34. The number of hydrogen-bond donors (Lipinski definition) is 3. The van der Waals surface area contributed by atoms with Gasteiger partial charge in [0.1, 0.15) is 0 Å². The molecule has 0 saturated carbocycles. The number of aromatic amines is 1. The number of nitrogens with zero attached hydrogens (tertiary/aromatic N) is 2. The zero-order chi connectivity index (χ0) is 14.6. The van der Waals surface area contributed by atoms with Gasteiger partial charge < -0.3 is 21.2 Å². The highest BCUT2D eigenvalue weighted by Crippen LogP contribution is 2.19. The van der Waals surface area contributed by atoms with Gasteiger partial charge in [-0.15, -0.1) is 5.10 Å². The summed E-state index contributed by atoms with van der Waals surface area (Å²) < 4.78 is 5.01. The maximum Gasteiger partial charge on any atom is 0.340 e. The first kappa shape index (κ1) is 14.7. The van der Waals surface area contributed by atoms with Crippen molar-refractivity contribution in [2.75, 3.05) is 6.61 Å². The number of nitrogens with one attached hydrogen (secondary N) is 1. The highest BCUT2D eigenvalue weighted by atomic mass is 16.5. The summed E-state index contributed by atoms with van der Waals surface area (Å²) in [5.74, 6) is -0.472. The third-order valence-electron chi connectivity index (χ3n) is 2.59. The van der Waals surface area contributed by atoms with Crippen LogP contribution >= 0.6 is 0 Å². The minimum atomic E-state index is -0.352. The van der Waals surface area contributed by atoms with Crippen LogP contribution < -0.4 is 11.5 Å². The van der Waals surface area contributed by atoms with E-state index in [1.165, 1.54) is 0 Å². The molecular weight excluding hydrogens is 246 g/mol. The average Bonchev–Trinajstić information content (AvgIpc) is 2.62. The van der Waals surface area contributed by atoms with Crippen molar-refractivity contribution in [1.82, 2.24) is 4.98 Å². The molecule has 0 unspecified atom stereocenters. The summed E-state index contributed by atoms with van der Waals surface area (Å²) in [6, 6.07) is 0. The summed E-state index contributed by atoms with van der Waals surface area (Å²) in [7, 11) is 0. The van der Waals surface area contributed by atoms with Crippen LogP contribution in [0.1, 0.15) is 41.2 Å². The minimum absolute atomic E-state index is 0.120. The van der Waals surface area contributed by atoms with Crippen molar-refractivity contribution in [3.8, 4) is 0 Å². The van der Waals surface area contributed by atoms with E-state index in [9.17, 15) is 4.79 Å². The Morgan fingerprint density at radius 3 is 2.47 bits per heavy atom. The fraction of sp³-hybridized carbons (Fsp3) is 0.417. The minimum Gasteiger partial charge on any atom is -0.462 e. The Hall–Kier alpha value is -2.31. The van der Waals surface area contributed by atoms with Crippen LogP contribution in [0, 0.1) is 13.8 Å². The molecule has 0 radical (unpaired) electrons. The van der Waals surface area contributed by atoms with Gasteiger partial charge in [-0.2, -0.15) is 5.10 Å². The number of esters is 1. The maximum absolute atomic E-state index is 11.8. The van der Waals surface area contributed by atoms with Crippen LogP contribution in [0.25, 0.3) is 0 Å². The lowest BCUT2D eigenvalue weighted by molar-refractivity contribution is 0.0525. The molecule has 104 valence electrons. The van der Waals surface area contributed by atoms with Gasteiger partial charge in [0, 0.05) is 5.69 Å². The number of H-pyrrole nitrogens is 1. The second-order valence-corrected chi connectivity index (χ2v) is 4.06. The molecule has 1 aromatic rings. The fourth-order valence-corrected chi connectivity index (χ4v) is 1.80. The number of nitrogens with two attached hydrogens (primary N) is 2. The van der Waals surface area contributed by atoms with E-state index in [0.29, 0.717) is 23.6 Å². The van der Waals surface area contributed by atoms with Crippen molar-refractivity contribution in [1.29, 1.82) is 0 Å². The van der Waals surface area contributed by atoms with Gasteiger partial charge in [0.2, 0.25) is 5.96 Å². The molecule has 0 amide bonds. The number of rotatable bonds is 4. The molecule has 0 aliphatic heterocycles. The molecule has 0 aromatic carbocycles. The summed E-state index contributed by atoms with van der Waals surface area (Å²) in [4.78, 5) is 14.9. The predicted octanol–water partition coefficient (Wildman–Crippen LogP) is 0.806. The smallest absolute Gasteiger partial charge is 0.340 e. The van der Waals surface area contributed by atoms with Crippen molar-refractivity contribution in [2.45, 2.75) is 27.7 Å². The van der Waals surface area contributed by atoms with Crippen molar-refractivity contribution >= 4 is 17.6 Å². The van der Waals surface area contributed by atoms with Crippen LogP contribution in [0.15, 0.2) is 10.2 Å². The number of carbonyl (C=O) groups is 1. The Morgan fingerprint density at radius 2 is 1.95 bits per heavy atom. The highest BCUT2D eigenvalue weighted by Gasteiger charge is 2.20. The molecule has 0 fully saturated rings. The van der Waals surface area contributed by atoms with Crippen LogP contribution in [-0.4, -0.2) is 29.2 Å². The molecular formula is C12H19N5O2. The van der Waals surface area contributed by atoms with Crippen molar-refractivity contribution in [2.24, 2.45) is 21.7 Å². The second kappa shape index (κ2) is 6.03. The van der Waals surface area contributed by atoms with Gasteiger partial charge >= 0.3 is 5.97 Å². The predicted molar refractivity (Wildman–Crippen MR) is 74.2 cm³/mol. The summed E-state index contributed by atoms with van der Waals surface area (Å²) >= 11 is 0. The fourth-order valence-electron chi connectivity index (χ4n) is 1.80. The standard InChI is InChI=1S/C12H19N5O2/c1-5-19-11(18)9-6(2)10(15-7(9)3)8(4)16-17-12(13)14/h15H,5H2,1-4H3,(H4,13,14,17)/b16-8+. The van der Waals surface area contributed by atoms with Gasteiger partial charge in [-0.25, -0.2) is 4.79 Å². The molecule has 1 heterocycles. The number of hydrogen-bond acceptors (Lipinski definition) is 4. The third-order valence-corrected chi connectivity index (χ3v) is 2.59. The van der Waals surface area contributed by atoms with E-state index in [4.69, 9.17) is 16.2 Å². The van der Waals surface area contributed by atoms with Crippen LogP contribution in [0.4, 0.5) is 0 Å². The molecule has 0 bridgehead atoms. The first-order valence-corrected chi connectivity index (χ1v) is 5.88.